The summed E-state index contributed by atoms with van der Waals surface area (Å²) in [5, 5.41) is 11.9. The minimum absolute atomic E-state index is 0.0277. The van der Waals surface area contributed by atoms with Gasteiger partial charge in [-0.1, -0.05) is 12.1 Å². The Morgan fingerprint density at radius 1 is 1.44 bits per heavy atom. The molecule has 2 N–H and O–H groups in total. The normalized spacial score (nSPS) is 17.4. The Morgan fingerprint density at radius 2 is 2.20 bits per heavy atom. The summed E-state index contributed by atoms with van der Waals surface area (Å²) in [6, 6.07) is 7.43. The van der Waals surface area contributed by atoms with Crippen LogP contribution in [0.1, 0.15) is 0 Å². The van der Waals surface area contributed by atoms with E-state index in [1.165, 1.54) is 0 Å². The van der Waals surface area contributed by atoms with Crippen molar-refractivity contribution in [3.8, 4) is 5.75 Å². The standard InChI is InChI=1S/C17H25N3O5/c1-19(12-17(22)23)10-13-11-20(7-8-25-13)16(21)9-18-14-5-3-4-6-15(14)24-2/h3-6,13,18H,7-12H2,1-2H3,(H,22,23). The van der Waals surface area contributed by atoms with Crippen LogP contribution in [0.4, 0.5) is 5.69 Å². The van der Waals surface area contributed by atoms with E-state index < -0.39 is 5.97 Å². The molecule has 1 aromatic carbocycles. The molecule has 0 bridgehead atoms. The Hall–Kier alpha value is -2.32. The van der Waals surface area contributed by atoms with E-state index in [-0.39, 0.29) is 25.1 Å². The Bertz CT molecular complexity index is 595. The van der Waals surface area contributed by atoms with Gasteiger partial charge in [-0.3, -0.25) is 14.5 Å². The van der Waals surface area contributed by atoms with Gasteiger partial charge >= 0.3 is 5.97 Å². The van der Waals surface area contributed by atoms with Crippen LogP contribution in [0.15, 0.2) is 24.3 Å². The predicted octanol–water partition coefficient (Wildman–Crippen LogP) is 0.351. The van der Waals surface area contributed by atoms with Crippen LogP contribution in [0.25, 0.3) is 0 Å². The topological polar surface area (TPSA) is 91.3 Å². The zero-order valence-corrected chi connectivity index (χ0v) is 14.6. The van der Waals surface area contributed by atoms with Gasteiger partial charge in [-0.25, -0.2) is 0 Å². The fourth-order valence-electron chi connectivity index (χ4n) is 2.77. The average Bonchev–Trinajstić information content (AvgIpc) is 2.59. The Balaban J connectivity index is 1.83. The van der Waals surface area contributed by atoms with Crippen molar-refractivity contribution in [1.29, 1.82) is 0 Å². The van der Waals surface area contributed by atoms with E-state index in [4.69, 9.17) is 14.6 Å². The zero-order valence-electron chi connectivity index (χ0n) is 14.6. The summed E-state index contributed by atoms with van der Waals surface area (Å²) in [6.07, 6.45) is -0.187. The number of benzene rings is 1. The van der Waals surface area contributed by atoms with Crippen LogP contribution in [0.2, 0.25) is 0 Å². The molecule has 0 aromatic heterocycles. The molecule has 8 nitrogen and oxygen atoms in total. The number of hydrogen-bond donors (Lipinski definition) is 2. The molecule has 0 spiro atoms. The van der Waals surface area contributed by atoms with Crippen LogP contribution in [0.3, 0.4) is 0 Å². The quantitative estimate of drug-likeness (QED) is 0.698. The van der Waals surface area contributed by atoms with Crippen molar-refractivity contribution >= 4 is 17.6 Å². The van der Waals surface area contributed by atoms with Crippen molar-refractivity contribution in [3.63, 3.8) is 0 Å². The van der Waals surface area contributed by atoms with Crippen LogP contribution in [-0.4, -0.2) is 86.4 Å². The number of carboxylic acids is 1. The Morgan fingerprint density at radius 3 is 2.92 bits per heavy atom. The summed E-state index contributed by atoms with van der Waals surface area (Å²) >= 11 is 0. The lowest BCUT2D eigenvalue weighted by atomic mass is 10.2. The highest BCUT2D eigenvalue weighted by molar-refractivity contribution is 5.81. The molecule has 1 atom stereocenters. The average molecular weight is 351 g/mol. The molecular formula is C17H25N3O5. The van der Waals surface area contributed by atoms with Gasteiger partial charge in [0.1, 0.15) is 5.75 Å². The number of nitrogens with one attached hydrogen (secondary N) is 1. The number of carboxylic acid groups (broad SMARTS) is 1. The van der Waals surface area contributed by atoms with Crippen LogP contribution in [0.5, 0.6) is 5.75 Å². The minimum atomic E-state index is -0.882. The third kappa shape index (κ3) is 5.91. The second kappa shape index (κ2) is 9.24. The number of nitrogens with zero attached hydrogens (tertiary/aromatic N) is 2. The van der Waals surface area contributed by atoms with E-state index in [0.717, 1.165) is 5.69 Å². The Kier molecular flexibility index (Phi) is 7.03. The number of amides is 1. The summed E-state index contributed by atoms with van der Waals surface area (Å²) in [5.74, 6) is -0.224. The SMILES string of the molecule is COc1ccccc1NCC(=O)N1CCOC(CN(C)CC(=O)O)C1. The van der Waals surface area contributed by atoms with Gasteiger partial charge in [0.25, 0.3) is 0 Å². The first-order valence-corrected chi connectivity index (χ1v) is 8.16. The van der Waals surface area contributed by atoms with Crippen molar-refractivity contribution in [2.75, 3.05) is 58.8 Å². The highest BCUT2D eigenvalue weighted by Gasteiger charge is 2.25. The maximum atomic E-state index is 12.4. The first kappa shape index (κ1) is 19.0. The molecular weight excluding hydrogens is 326 g/mol. The first-order valence-electron chi connectivity index (χ1n) is 8.16. The van der Waals surface area contributed by atoms with E-state index in [0.29, 0.717) is 32.0 Å². The summed E-state index contributed by atoms with van der Waals surface area (Å²) < 4.78 is 10.9. The number of anilines is 1. The Labute approximate surface area is 147 Å². The first-order chi connectivity index (χ1) is 12.0. The monoisotopic (exact) mass is 351 g/mol. The fourth-order valence-corrected chi connectivity index (χ4v) is 2.77. The number of ether oxygens (including phenoxy) is 2. The van der Waals surface area contributed by atoms with Crippen molar-refractivity contribution in [2.45, 2.75) is 6.10 Å². The number of carbonyl (C=O) groups excluding carboxylic acids is 1. The van der Waals surface area contributed by atoms with Gasteiger partial charge in [0, 0.05) is 19.6 Å². The maximum absolute atomic E-state index is 12.4. The predicted molar refractivity (Wildman–Crippen MR) is 92.9 cm³/mol. The maximum Gasteiger partial charge on any atom is 0.317 e. The fraction of sp³-hybridized carbons (Fsp3) is 0.529. The molecule has 0 aliphatic carbocycles. The van der Waals surface area contributed by atoms with Gasteiger partial charge in [0.15, 0.2) is 0 Å². The molecule has 1 fully saturated rings. The summed E-state index contributed by atoms with van der Waals surface area (Å²) in [7, 11) is 3.31. The molecule has 2 rings (SSSR count). The van der Waals surface area contributed by atoms with Crippen LogP contribution in [-0.2, 0) is 14.3 Å². The number of morpholine rings is 1. The van der Waals surface area contributed by atoms with Crippen LogP contribution >= 0.6 is 0 Å². The number of para-hydroxylation sites is 2. The van der Waals surface area contributed by atoms with Gasteiger partial charge in [-0.05, 0) is 19.2 Å². The lowest BCUT2D eigenvalue weighted by Crippen LogP contribution is -2.50. The van der Waals surface area contributed by atoms with Gasteiger partial charge in [-0.15, -0.1) is 0 Å². The van der Waals surface area contributed by atoms with Crippen molar-refractivity contribution in [1.82, 2.24) is 9.80 Å². The van der Waals surface area contributed by atoms with E-state index in [1.54, 1.807) is 24.0 Å². The van der Waals surface area contributed by atoms with Crippen LogP contribution < -0.4 is 10.1 Å². The van der Waals surface area contributed by atoms with Gasteiger partial charge < -0.3 is 24.8 Å². The second-order valence-electron chi connectivity index (χ2n) is 5.98. The van der Waals surface area contributed by atoms with E-state index in [2.05, 4.69) is 5.32 Å². The summed E-state index contributed by atoms with van der Waals surface area (Å²) in [6.45, 7) is 2.02. The van der Waals surface area contributed by atoms with Gasteiger partial charge in [-0.2, -0.15) is 0 Å². The number of methoxy groups -OCH3 is 1. The van der Waals surface area contributed by atoms with E-state index in [1.807, 2.05) is 24.3 Å². The molecule has 1 heterocycles. The lowest BCUT2D eigenvalue weighted by molar-refractivity contribution is -0.141. The van der Waals surface area contributed by atoms with Gasteiger partial charge in [0.05, 0.1) is 38.6 Å². The molecule has 1 aromatic rings. The number of aliphatic carboxylic acids is 1. The zero-order chi connectivity index (χ0) is 18.2. The molecule has 1 aliphatic heterocycles. The van der Waals surface area contributed by atoms with Gasteiger partial charge in [0.2, 0.25) is 5.91 Å². The molecule has 25 heavy (non-hydrogen) atoms. The number of rotatable bonds is 8. The number of carbonyl (C=O) groups is 2. The molecule has 1 unspecified atom stereocenters. The largest absolute Gasteiger partial charge is 0.495 e. The molecule has 138 valence electrons. The highest BCUT2D eigenvalue weighted by Crippen LogP contribution is 2.22. The second-order valence-corrected chi connectivity index (χ2v) is 5.98. The lowest BCUT2D eigenvalue weighted by Gasteiger charge is -2.34. The van der Waals surface area contributed by atoms with Crippen molar-refractivity contribution in [3.05, 3.63) is 24.3 Å². The third-order valence-corrected chi connectivity index (χ3v) is 3.95. The van der Waals surface area contributed by atoms with E-state index >= 15 is 0 Å². The smallest absolute Gasteiger partial charge is 0.317 e. The van der Waals surface area contributed by atoms with E-state index in [9.17, 15) is 9.59 Å². The molecule has 1 amide bonds. The number of likely N-dealkylation sites (N-methyl/N-ethyl adjacent to an activating group) is 1. The highest BCUT2D eigenvalue weighted by atomic mass is 16.5. The third-order valence-electron chi connectivity index (χ3n) is 3.95. The van der Waals surface area contributed by atoms with Crippen LogP contribution in [0, 0.1) is 0 Å². The molecule has 1 saturated heterocycles. The molecule has 1 aliphatic rings. The molecule has 0 radical (unpaired) electrons. The van der Waals surface area contributed by atoms with Crippen molar-refractivity contribution < 1.29 is 24.2 Å². The summed E-state index contributed by atoms with van der Waals surface area (Å²) in [5.41, 5.74) is 0.768. The summed E-state index contributed by atoms with van der Waals surface area (Å²) in [4.78, 5) is 26.6. The number of hydrogen-bond acceptors (Lipinski definition) is 6. The molecule has 0 saturated carbocycles. The molecule has 8 heteroatoms. The van der Waals surface area contributed by atoms with Crippen molar-refractivity contribution in [2.24, 2.45) is 0 Å². The minimum Gasteiger partial charge on any atom is -0.495 e.